The number of piperazine rings is 1. The first-order chi connectivity index (χ1) is 11.8. The Balaban J connectivity index is 1.85. The van der Waals surface area contributed by atoms with Crippen molar-refractivity contribution in [2.45, 2.75) is 37.6 Å². The topological polar surface area (TPSA) is 74.7 Å². The Bertz CT molecular complexity index is 743. The van der Waals surface area contributed by atoms with Crippen LogP contribution in [-0.2, 0) is 17.1 Å². The van der Waals surface area contributed by atoms with E-state index in [1.54, 1.807) is 22.1 Å². The van der Waals surface area contributed by atoms with E-state index in [9.17, 15) is 13.2 Å². The molecule has 0 aromatic carbocycles. The minimum absolute atomic E-state index is 0.0964. The molecule has 2 saturated heterocycles. The van der Waals surface area contributed by atoms with Gasteiger partial charge in [0.25, 0.3) is 5.91 Å². The van der Waals surface area contributed by atoms with Crippen LogP contribution in [0.25, 0.3) is 0 Å². The Kier molecular flexibility index (Phi) is 5.22. The molecule has 2 atom stereocenters. The minimum atomic E-state index is -3.54. The van der Waals surface area contributed by atoms with Crippen LogP contribution in [0, 0.1) is 5.92 Å². The Morgan fingerprint density at radius 1 is 1.28 bits per heavy atom. The number of hydrogen-bond donors (Lipinski definition) is 1. The van der Waals surface area contributed by atoms with Crippen LogP contribution < -0.4 is 5.32 Å². The summed E-state index contributed by atoms with van der Waals surface area (Å²) < 4.78 is 29.1. The van der Waals surface area contributed by atoms with E-state index in [1.165, 1.54) is 6.07 Å². The molecule has 140 valence electrons. The quantitative estimate of drug-likeness (QED) is 0.859. The highest BCUT2D eigenvalue weighted by Crippen LogP contribution is 2.25. The van der Waals surface area contributed by atoms with Crippen molar-refractivity contribution < 1.29 is 13.2 Å². The Morgan fingerprint density at radius 2 is 2.04 bits per heavy atom. The van der Waals surface area contributed by atoms with Crippen molar-refractivity contribution in [1.82, 2.24) is 19.1 Å². The lowest BCUT2D eigenvalue weighted by Gasteiger charge is -2.34. The first-order valence-electron chi connectivity index (χ1n) is 8.99. The zero-order valence-electron chi connectivity index (χ0n) is 15.2. The van der Waals surface area contributed by atoms with Crippen LogP contribution in [0.5, 0.6) is 0 Å². The SMILES string of the molecule is CC1CCCN(S(=O)(=O)c2cc(C(=O)N3CCNC[C@H]3C)n(C)c2)C1. The summed E-state index contributed by atoms with van der Waals surface area (Å²) in [6.07, 6.45) is 3.51. The molecule has 0 saturated carbocycles. The molecule has 8 heteroatoms. The second-order valence-electron chi connectivity index (χ2n) is 7.33. The van der Waals surface area contributed by atoms with Gasteiger partial charge in [-0.15, -0.1) is 0 Å². The first-order valence-corrected chi connectivity index (χ1v) is 10.4. The lowest BCUT2D eigenvalue weighted by Crippen LogP contribution is -2.52. The van der Waals surface area contributed by atoms with Crippen LogP contribution in [0.15, 0.2) is 17.2 Å². The third-order valence-corrected chi connectivity index (χ3v) is 7.05. The predicted molar refractivity (Wildman–Crippen MR) is 95.9 cm³/mol. The van der Waals surface area contributed by atoms with E-state index in [4.69, 9.17) is 0 Å². The van der Waals surface area contributed by atoms with Gasteiger partial charge in [0.1, 0.15) is 10.6 Å². The highest BCUT2D eigenvalue weighted by atomic mass is 32.2. The Hall–Kier alpha value is -1.38. The Morgan fingerprint density at radius 3 is 2.72 bits per heavy atom. The van der Waals surface area contributed by atoms with E-state index in [0.29, 0.717) is 31.2 Å². The van der Waals surface area contributed by atoms with Crippen molar-refractivity contribution in [3.63, 3.8) is 0 Å². The van der Waals surface area contributed by atoms with Crippen LogP contribution in [0.4, 0.5) is 0 Å². The maximum atomic E-state index is 12.9. The van der Waals surface area contributed by atoms with Crippen LogP contribution in [0.1, 0.15) is 37.2 Å². The molecule has 3 rings (SSSR count). The van der Waals surface area contributed by atoms with Gasteiger partial charge in [-0.2, -0.15) is 4.31 Å². The summed E-state index contributed by atoms with van der Waals surface area (Å²) in [6, 6.07) is 1.63. The van der Waals surface area contributed by atoms with Gasteiger partial charge in [-0.3, -0.25) is 4.79 Å². The molecule has 0 radical (unpaired) electrons. The van der Waals surface area contributed by atoms with Gasteiger partial charge < -0.3 is 14.8 Å². The number of carbonyl (C=O) groups is 1. The molecule has 1 N–H and O–H groups in total. The number of amides is 1. The highest BCUT2D eigenvalue weighted by molar-refractivity contribution is 7.89. The molecule has 25 heavy (non-hydrogen) atoms. The van der Waals surface area contributed by atoms with Gasteiger partial charge in [0, 0.05) is 52.0 Å². The summed E-state index contributed by atoms with van der Waals surface area (Å²) in [4.78, 5) is 14.9. The van der Waals surface area contributed by atoms with Gasteiger partial charge in [-0.25, -0.2) is 8.42 Å². The average Bonchev–Trinajstić information content (AvgIpc) is 2.97. The van der Waals surface area contributed by atoms with Crippen LogP contribution in [-0.4, -0.2) is 66.9 Å². The smallest absolute Gasteiger partial charge is 0.270 e. The van der Waals surface area contributed by atoms with Gasteiger partial charge in [-0.1, -0.05) is 6.92 Å². The van der Waals surface area contributed by atoms with Crippen LogP contribution >= 0.6 is 0 Å². The maximum absolute atomic E-state index is 12.9. The van der Waals surface area contributed by atoms with Gasteiger partial charge >= 0.3 is 0 Å². The molecule has 2 aliphatic rings. The standard InChI is InChI=1S/C17H28N4O3S/c1-13-5-4-7-20(11-13)25(23,24)15-9-16(19(3)12-15)17(22)21-8-6-18-10-14(21)2/h9,12-14,18H,4-8,10-11H2,1-3H3/t13?,14-/m1/s1. The number of rotatable bonds is 3. The van der Waals surface area contributed by atoms with E-state index >= 15 is 0 Å². The number of piperidine rings is 1. The van der Waals surface area contributed by atoms with E-state index in [1.807, 2.05) is 11.8 Å². The molecule has 2 aliphatic heterocycles. The van der Waals surface area contributed by atoms with E-state index in [0.717, 1.165) is 25.9 Å². The maximum Gasteiger partial charge on any atom is 0.270 e. The largest absolute Gasteiger partial charge is 0.345 e. The minimum Gasteiger partial charge on any atom is -0.345 e. The van der Waals surface area contributed by atoms with Crippen molar-refractivity contribution in [1.29, 1.82) is 0 Å². The summed E-state index contributed by atoms with van der Waals surface area (Å²) in [5.41, 5.74) is 0.428. The molecule has 3 heterocycles. The van der Waals surface area contributed by atoms with Gasteiger partial charge in [0.2, 0.25) is 10.0 Å². The van der Waals surface area contributed by atoms with Gasteiger partial charge in [0.05, 0.1) is 0 Å². The molecule has 0 spiro atoms. The average molecular weight is 369 g/mol. The molecular weight excluding hydrogens is 340 g/mol. The fraction of sp³-hybridized carbons (Fsp3) is 0.706. The van der Waals surface area contributed by atoms with Gasteiger partial charge in [0.15, 0.2) is 0 Å². The predicted octanol–water partition coefficient (Wildman–Crippen LogP) is 0.880. The second-order valence-corrected chi connectivity index (χ2v) is 9.27. The summed E-state index contributed by atoms with van der Waals surface area (Å²) in [5, 5.41) is 3.26. The van der Waals surface area contributed by atoms with Crippen molar-refractivity contribution in [3.05, 3.63) is 18.0 Å². The molecule has 1 aromatic rings. The normalized spacial score (nSPS) is 26.0. The van der Waals surface area contributed by atoms with Crippen molar-refractivity contribution in [2.24, 2.45) is 13.0 Å². The van der Waals surface area contributed by atoms with Crippen molar-refractivity contribution in [3.8, 4) is 0 Å². The molecular formula is C17H28N4O3S. The van der Waals surface area contributed by atoms with E-state index in [2.05, 4.69) is 12.2 Å². The summed E-state index contributed by atoms with van der Waals surface area (Å²) in [5.74, 6) is 0.264. The Labute approximate surface area is 150 Å². The zero-order chi connectivity index (χ0) is 18.2. The number of nitrogens with zero attached hydrogens (tertiary/aromatic N) is 3. The molecule has 1 aromatic heterocycles. The molecule has 1 amide bonds. The van der Waals surface area contributed by atoms with Gasteiger partial charge in [-0.05, 0) is 31.7 Å². The number of aryl methyl sites for hydroxylation is 1. The summed E-state index contributed by atoms with van der Waals surface area (Å²) in [7, 11) is -1.81. The number of hydrogen-bond acceptors (Lipinski definition) is 4. The number of carbonyl (C=O) groups excluding carboxylic acids is 1. The fourth-order valence-electron chi connectivity index (χ4n) is 3.69. The second kappa shape index (κ2) is 7.09. The zero-order valence-corrected chi connectivity index (χ0v) is 16.1. The fourth-order valence-corrected chi connectivity index (χ4v) is 5.36. The lowest BCUT2D eigenvalue weighted by molar-refractivity contribution is 0.0646. The van der Waals surface area contributed by atoms with Crippen LogP contribution in [0.2, 0.25) is 0 Å². The molecule has 0 bridgehead atoms. The molecule has 2 fully saturated rings. The summed E-state index contributed by atoms with van der Waals surface area (Å²) in [6.45, 7) is 7.34. The van der Waals surface area contributed by atoms with E-state index < -0.39 is 10.0 Å². The number of aromatic nitrogens is 1. The summed E-state index contributed by atoms with van der Waals surface area (Å²) >= 11 is 0. The number of nitrogens with one attached hydrogen (secondary N) is 1. The monoisotopic (exact) mass is 368 g/mol. The number of sulfonamides is 1. The first kappa shape index (κ1) is 18.4. The molecule has 1 unspecified atom stereocenters. The lowest BCUT2D eigenvalue weighted by atomic mass is 10.0. The third kappa shape index (κ3) is 3.61. The van der Waals surface area contributed by atoms with Crippen molar-refractivity contribution >= 4 is 15.9 Å². The third-order valence-electron chi connectivity index (χ3n) is 5.22. The van der Waals surface area contributed by atoms with E-state index in [-0.39, 0.29) is 16.8 Å². The highest BCUT2D eigenvalue weighted by Gasteiger charge is 2.32. The van der Waals surface area contributed by atoms with Crippen molar-refractivity contribution in [2.75, 3.05) is 32.7 Å². The molecule has 7 nitrogen and oxygen atoms in total. The molecule has 0 aliphatic carbocycles. The van der Waals surface area contributed by atoms with Crippen LogP contribution in [0.3, 0.4) is 0 Å².